The molecule has 4 aromatic heterocycles. The standard InChI is InChI=1S/C27H18BrN5/c28-15-9-10-24-18(11-15)21(14-31-24)27-32-25(19-12-29-22-7-3-1-5-16(19)22)26(33-27)20-13-30-23-8-4-2-6-17(20)23/h1-14,29-31H,(H,32,33). The summed E-state index contributed by atoms with van der Waals surface area (Å²) in [6.45, 7) is 0. The fraction of sp³-hybridized carbons (Fsp3) is 0. The normalized spacial score (nSPS) is 11.8. The van der Waals surface area contributed by atoms with Gasteiger partial charge in [0.05, 0.1) is 11.4 Å². The molecule has 0 fully saturated rings. The summed E-state index contributed by atoms with van der Waals surface area (Å²) in [6, 6.07) is 22.9. The van der Waals surface area contributed by atoms with Crippen molar-refractivity contribution in [3.63, 3.8) is 0 Å². The molecule has 3 aromatic carbocycles. The van der Waals surface area contributed by atoms with Gasteiger partial charge in [0.15, 0.2) is 0 Å². The van der Waals surface area contributed by atoms with Gasteiger partial charge in [-0.05, 0) is 30.3 Å². The van der Waals surface area contributed by atoms with Crippen LogP contribution in [-0.2, 0) is 0 Å². The van der Waals surface area contributed by atoms with Gasteiger partial charge in [0, 0.05) is 72.5 Å². The molecule has 0 aliphatic rings. The van der Waals surface area contributed by atoms with Crippen molar-refractivity contribution < 1.29 is 0 Å². The summed E-state index contributed by atoms with van der Waals surface area (Å²) in [5.74, 6) is 0.833. The molecule has 0 radical (unpaired) electrons. The van der Waals surface area contributed by atoms with Gasteiger partial charge in [0.2, 0.25) is 0 Å². The molecule has 4 N–H and O–H groups in total. The molecule has 0 saturated heterocycles. The summed E-state index contributed by atoms with van der Waals surface area (Å²) >= 11 is 3.61. The molecule has 0 unspecified atom stereocenters. The third kappa shape index (κ3) is 2.81. The molecule has 0 spiro atoms. The molecule has 0 saturated carbocycles. The highest BCUT2D eigenvalue weighted by Crippen LogP contribution is 2.40. The Bertz CT molecular complexity index is 1700. The number of aromatic amines is 4. The van der Waals surface area contributed by atoms with E-state index in [1.165, 1.54) is 0 Å². The van der Waals surface area contributed by atoms with Crippen molar-refractivity contribution in [1.29, 1.82) is 0 Å². The van der Waals surface area contributed by atoms with Crippen LogP contribution in [0.2, 0.25) is 0 Å². The van der Waals surface area contributed by atoms with Crippen molar-refractivity contribution in [2.45, 2.75) is 0 Å². The first-order chi connectivity index (χ1) is 16.3. The number of imidazole rings is 1. The van der Waals surface area contributed by atoms with Gasteiger partial charge in [-0.15, -0.1) is 0 Å². The number of nitrogens with one attached hydrogen (secondary N) is 4. The minimum absolute atomic E-state index is 0.833. The van der Waals surface area contributed by atoms with Crippen LogP contribution in [-0.4, -0.2) is 24.9 Å². The van der Waals surface area contributed by atoms with Gasteiger partial charge >= 0.3 is 0 Å². The maximum Gasteiger partial charge on any atom is 0.140 e. The molecular weight excluding hydrogens is 474 g/mol. The van der Waals surface area contributed by atoms with Gasteiger partial charge in [-0.2, -0.15) is 0 Å². The Labute approximate surface area is 197 Å². The number of nitrogens with zero attached hydrogens (tertiary/aromatic N) is 1. The van der Waals surface area contributed by atoms with Crippen molar-refractivity contribution in [1.82, 2.24) is 24.9 Å². The number of hydrogen-bond donors (Lipinski definition) is 4. The molecule has 0 amide bonds. The fourth-order valence-electron chi connectivity index (χ4n) is 4.73. The lowest BCUT2D eigenvalue weighted by molar-refractivity contribution is 1.31. The summed E-state index contributed by atoms with van der Waals surface area (Å²) in [5, 5.41) is 3.43. The first-order valence-corrected chi connectivity index (χ1v) is 11.6. The molecule has 0 aliphatic heterocycles. The molecule has 0 bridgehead atoms. The zero-order valence-electron chi connectivity index (χ0n) is 17.4. The molecule has 4 heterocycles. The summed E-state index contributed by atoms with van der Waals surface area (Å²) in [6.07, 6.45) is 6.13. The molecule has 7 aromatic rings. The number of H-pyrrole nitrogens is 4. The van der Waals surface area contributed by atoms with Crippen LogP contribution >= 0.6 is 15.9 Å². The first kappa shape index (κ1) is 18.5. The Balaban J connectivity index is 1.53. The number of fused-ring (bicyclic) bond motifs is 3. The van der Waals surface area contributed by atoms with E-state index in [1.54, 1.807) is 0 Å². The third-order valence-electron chi connectivity index (χ3n) is 6.31. The minimum Gasteiger partial charge on any atom is -0.360 e. The van der Waals surface area contributed by atoms with Crippen molar-refractivity contribution in [2.75, 3.05) is 0 Å². The zero-order chi connectivity index (χ0) is 21.9. The van der Waals surface area contributed by atoms with E-state index in [9.17, 15) is 0 Å². The Kier molecular flexibility index (Phi) is 3.92. The Morgan fingerprint density at radius 2 is 1.21 bits per heavy atom. The molecular formula is C27H18BrN5. The van der Waals surface area contributed by atoms with Crippen LogP contribution in [0.4, 0.5) is 0 Å². The second kappa shape index (κ2) is 6.98. The van der Waals surface area contributed by atoms with Crippen LogP contribution in [0.5, 0.6) is 0 Å². The monoisotopic (exact) mass is 491 g/mol. The number of benzene rings is 3. The van der Waals surface area contributed by atoms with E-state index in [-0.39, 0.29) is 0 Å². The van der Waals surface area contributed by atoms with Crippen molar-refractivity contribution >= 4 is 48.6 Å². The van der Waals surface area contributed by atoms with Gasteiger partial charge in [0.1, 0.15) is 5.82 Å². The van der Waals surface area contributed by atoms with E-state index in [2.05, 4.69) is 96.8 Å². The summed E-state index contributed by atoms with van der Waals surface area (Å²) < 4.78 is 1.04. The number of para-hydroxylation sites is 2. The summed E-state index contributed by atoms with van der Waals surface area (Å²) in [4.78, 5) is 19.0. The van der Waals surface area contributed by atoms with Crippen molar-refractivity contribution in [2.24, 2.45) is 0 Å². The van der Waals surface area contributed by atoms with E-state index >= 15 is 0 Å². The number of halogens is 1. The maximum atomic E-state index is 5.16. The third-order valence-corrected chi connectivity index (χ3v) is 6.80. The maximum absolute atomic E-state index is 5.16. The Morgan fingerprint density at radius 3 is 1.97 bits per heavy atom. The zero-order valence-corrected chi connectivity index (χ0v) is 19.0. The second-order valence-corrected chi connectivity index (χ2v) is 9.11. The van der Waals surface area contributed by atoms with E-state index in [1.807, 2.05) is 24.4 Å². The largest absolute Gasteiger partial charge is 0.360 e. The lowest BCUT2D eigenvalue weighted by atomic mass is 10.0. The van der Waals surface area contributed by atoms with E-state index in [0.717, 1.165) is 71.1 Å². The van der Waals surface area contributed by atoms with E-state index < -0.39 is 0 Å². The van der Waals surface area contributed by atoms with Crippen molar-refractivity contribution in [3.8, 4) is 33.9 Å². The SMILES string of the molecule is Brc1ccc2[nH]cc(-c3nc(-c4c[nH]c5ccccc45)c(-c4c[nH]c5ccccc45)[nH]3)c2c1. The van der Waals surface area contributed by atoms with E-state index in [0.29, 0.717) is 0 Å². The predicted molar refractivity (Wildman–Crippen MR) is 138 cm³/mol. The van der Waals surface area contributed by atoms with Gasteiger partial charge in [0.25, 0.3) is 0 Å². The lowest BCUT2D eigenvalue weighted by Gasteiger charge is -2.01. The van der Waals surface area contributed by atoms with Crippen LogP contribution in [0, 0.1) is 0 Å². The molecule has 7 rings (SSSR count). The molecule has 0 aliphatic carbocycles. The molecule has 0 atom stereocenters. The fourth-order valence-corrected chi connectivity index (χ4v) is 5.09. The van der Waals surface area contributed by atoms with Crippen LogP contribution in [0.25, 0.3) is 66.6 Å². The predicted octanol–water partition coefficient (Wildman–Crippen LogP) is 7.62. The van der Waals surface area contributed by atoms with Crippen LogP contribution in [0.3, 0.4) is 0 Å². The molecule has 33 heavy (non-hydrogen) atoms. The Morgan fingerprint density at radius 1 is 0.606 bits per heavy atom. The molecule has 5 nitrogen and oxygen atoms in total. The number of aromatic nitrogens is 5. The lowest BCUT2D eigenvalue weighted by Crippen LogP contribution is -1.82. The number of rotatable bonds is 3. The summed E-state index contributed by atoms with van der Waals surface area (Å²) in [5.41, 5.74) is 8.42. The van der Waals surface area contributed by atoms with E-state index in [4.69, 9.17) is 4.98 Å². The van der Waals surface area contributed by atoms with Gasteiger partial charge < -0.3 is 19.9 Å². The van der Waals surface area contributed by atoms with Gasteiger partial charge in [-0.3, -0.25) is 0 Å². The highest BCUT2D eigenvalue weighted by atomic mass is 79.9. The smallest absolute Gasteiger partial charge is 0.140 e. The Hall–Kier alpha value is -4.03. The van der Waals surface area contributed by atoms with Crippen molar-refractivity contribution in [3.05, 3.63) is 89.8 Å². The second-order valence-electron chi connectivity index (χ2n) is 8.20. The summed E-state index contributed by atoms with van der Waals surface area (Å²) in [7, 11) is 0. The van der Waals surface area contributed by atoms with Crippen LogP contribution < -0.4 is 0 Å². The average molecular weight is 492 g/mol. The first-order valence-electron chi connectivity index (χ1n) is 10.8. The van der Waals surface area contributed by atoms with Crippen LogP contribution in [0.1, 0.15) is 0 Å². The number of hydrogen-bond acceptors (Lipinski definition) is 1. The minimum atomic E-state index is 0.833. The van der Waals surface area contributed by atoms with Gasteiger partial charge in [-0.25, -0.2) is 4.98 Å². The topological polar surface area (TPSA) is 76.0 Å². The quantitative estimate of drug-likeness (QED) is 0.201. The van der Waals surface area contributed by atoms with Gasteiger partial charge in [-0.1, -0.05) is 52.3 Å². The average Bonchev–Trinajstić information content (AvgIpc) is 3.61. The van der Waals surface area contributed by atoms with Crippen LogP contribution in [0.15, 0.2) is 89.8 Å². The highest BCUT2D eigenvalue weighted by molar-refractivity contribution is 9.10. The highest BCUT2D eigenvalue weighted by Gasteiger charge is 2.21. The molecule has 6 heteroatoms. The molecule has 158 valence electrons.